The molecule has 0 saturated heterocycles. The normalized spacial score (nSPS) is 11.2. The largest absolute Gasteiger partial charge is 0.477 e. The van der Waals surface area contributed by atoms with Crippen molar-refractivity contribution in [2.24, 2.45) is 0 Å². The number of hydrogen-bond acceptors (Lipinski definition) is 4. The van der Waals surface area contributed by atoms with Crippen molar-refractivity contribution in [3.63, 3.8) is 0 Å². The van der Waals surface area contributed by atoms with Gasteiger partial charge in [0.05, 0.1) is 17.8 Å². The van der Waals surface area contributed by atoms with Crippen LogP contribution < -0.4 is 5.56 Å². The number of benzene rings is 2. The van der Waals surface area contributed by atoms with E-state index in [0.717, 1.165) is 0 Å². The molecule has 2 aromatic heterocycles. The van der Waals surface area contributed by atoms with Crippen LogP contribution in [0.15, 0.2) is 47.4 Å². The van der Waals surface area contributed by atoms with Crippen LogP contribution in [0.4, 0.5) is 4.39 Å². The van der Waals surface area contributed by atoms with Crippen molar-refractivity contribution in [2.75, 3.05) is 0 Å². The zero-order chi connectivity index (χ0) is 21.4. The highest BCUT2D eigenvalue weighted by Crippen LogP contribution is 2.24. The molecule has 0 radical (unpaired) electrons. The van der Waals surface area contributed by atoms with E-state index in [2.05, 4.69) is 15.3 Å². The van der Waals surface area contributed by atoms with Crippen molar-refractivity contribution < 1.29 is 14.3 Å². The molecule has 2 N–H and O–H groups in total. The van der Waals surface area contributed by atoms with Gasteiger partial charge in [0.25, 0.3) is 5.56 Å². The first-order valence-electron chi connectivity index (χ1n) is 8.72. The quantitative estimate of drug-likeness (QED) is 0.483. The molecule has 0 amide bonds. The lowest BCUT2D eigenvalue weighted by Gasteiger charge is -2.08. The third kappa shape index (κ3) is 3.92. The van der Waals surface area contributed by atoms with Gasteiger partial charge in [-0.1, -0.05) is 34.5 Å². The second kappa shape index (κ2) is 7.89. The number of hydrogen-bond donors (Lipinski definition) is 2. The number of halogens is 3. The maximum absolute atomic E-state index is 14.0. The number of carbonyl (C=O) groups is 1. The Hall–Kier alpha value is -3.23. The van der Waals surface area contributed by atoms with Gasteiger partial charge >= 0.3 is 5.97 Å². The molecular weight excluding hydrogens is 434 g/mol. The van der Waals surface area contributed by atoms with E-state index in [1.165, 1.54) is 22.9 Å². The molecule has 4 rings (SSSR count). The molecule has 0 aliphatic carbocycles. The van der Waals surface area contributed by atoms with Gasteiger partial charge in [-0.25, -0.2) is 13.9 Å². The van der Waals surface area contributed by atoms with Crippen LogP contribution in [0, 0.1) is 5.82 Å². The van der Waals surface area contributed by atoms with Gasteiger partial charge in [-0.2, -0.15) is 0 Å². The van der Waals surface area contributed by atoms with Gasteiger partial charge in [-0.3, -0.25) is 4.79 Å². The zero-order valence-corrected chi connectivity index (χ0v) is 16.7. The molecule has 30 heavy (non-hydrogen) atoms. The van der Waals surface area contributed by atoms with Crippen LogP contribution in [0.1, 0.15) is 27.2 Å². The number of aromatic amines is 1. The van der Waals surface area contributed by atoms with Gasteiger partial charge in [-0.05, 0) is 35.9 Å². The predicted octanol–water partition coefficient (Wildman–Crippen LogP) is 3.90. The summed E-state index contributed by atoms with van der Waals surface area (Å²) in [6, 6.07) is 8.94. The van der Waals surface area contributed by atoms with E-state index in [-0.39, 0.29) is 18.5 Å². The average molecular weight is 447 g/mol. The van der Waals surface area contributed by atoms with E-state index in [0.29, 0.717) is 37.8 Å². The molecular formula is C20H13Cl2FN4O3. The predicted molar refractivity (Wildman–Crippen MR) is 110 cm³/mol. The number of carboxylic acids is 1. The van der Waals surface area contributed by atoms with Crippen LogP contribution in [0.5, 0.6) is 0 Å². The molecule has 0 bridgehead atoms. The number of H-pyrrole nitrogens is 1. The Balaban J connectivity index is 1.67. The van der Waals surface area contributed by atoms with Gasteiger partial charge in [-0.15, -0.1) is 5.10 Å². The first-order valence-corrected chi connectivity index (χ1v) is 9.48. The number of aromatic carboxylic acids is 1. The van der Waals surface area contributed by atoms with Crippen LogP contribution in [-0.2, 0) is 13.0 Å². The third-order valence-corrected chi connectivity index (χ3v) is 5.14. The lowest BCUT2D eigenvalue weighted by molar-refractivity contribution is 0.0695. The van der Waals surface area contributed by atoms with Crippen LogP contribution >= 0.6 is 23.2 Å². The van der Waals surface area contributed by atoms with Gasteiger partial charge in [0.1, 0.15) is 11.4 Å². The molecule has 0 aliphatic rings. The molecule has 0 saturated carbocycles. The minimum absolute atomic E-state index is 0.167. The standard InChI is InChI=1S/C20H13Cl2FN4O3/c21-12-4-10-6-15(20(29)30)19(28)24-18(10)11(5-12)8-27-9-13(25-26-27)7-14-16(22)2-1-3-17(14)23/h1-6,9H,7-8H2,(H,24,28)(H,29,30). The fourth-order valence-corrected chi connectivity index (χ4v) is 3.67. The molecule has 4 aromatic rings. The second-order valence-electron chi connectivity index (χ2n) is 6.63. The fraction of sp³-hybridized carbons (Fsp3) is 0.100. The molecule has 2 aromatic carbocycles. The van der Waals surface area contributed by atoms with Gasteiger partial charge in [0.15, 0.2) is 0 Å². The van der Waals surface area contributed by atoms with Gasteiger partial charge < -0.3 is 10.1 Å². The molecule has 2 heterocycles. The van der Waals surface area contributed by atoms with E-state index < -0.39 is 17.3 Å². The summed E-state index contributed by atoms with van der Waals surface area (Å²) in [6.45, 7) is 0.206. The highest BCUT2D eigenvalue weighted by atomic mass is 35.5. The molecule has 0 aliphatic heterocycles. The number of fused-ring (bicyclic) bond motifs is 1. The first kappa shape index (κ1) is 20.1. The van der Waals surface area contributed by atoms with E-state index in [4.69, 9.17) is 28.3 Å². The summed E-state index contributed by atoms with van der Waals surface area (Å²) in [5, 5.41) is 18.4. The summed E-state index contributed by atoms with van der Waals surface area (Å²) in [7, 11) is 0. The van der Waals surface area contributed by atoms with E-state index in [9.17, 15) is 14.0 Å². The minimum atomic E-state index is -1.33. The van der Waals surface area contributed by atoms with Crippen LogP contribution in [-0.4, -0.2) is 31.1 Å². The molecule has 7 nitrogen and oxygen atoms in total. The van der Waals surface area contributed by atoms with Crippen molar-refractivity contribution in [3.05, 3.63) is 91.2 Å². The Labute approximate surface area is 178 Å². The lowest BCUT2D eigenvalue weighted by atomic mass is 10.1. The first-order chi connectivity index (χ1) is 14.3. The Morgan fingerprint density at radius 3 is 2.77 bits per heavy atom. The second-order valence-corrected chi connectivity index (χ2v) is 7.47. The molecule has 0 atom stereocenters. The van der Waals surface area contributed by atoms with Crippen LogP contribution in [0.25, 0.3) is 10.9 Å². The van der Waals surface area contributed by atoms with Crippen molar-refractivity contribution in [2.45, 2.75) is 13.0 Å². The van der Waals surface area contributed by atoms with E-state index in [1.54, 1.807) is 24.4 Å². The summed E-state index contributed by atoms with van der Waals surface area (Å²) >= 11 is 12.2. The van der Waals surface area contributed by atoms with E-state index >= 15 is 0 Å². The Bertz CT molecular complexity index is 1330. The van der Waals surface area contributed by atoms with Crippen LogP contribution in [0.2, 0.25) is 10.0 Å². The van der Waals surface area contributed by atoms with Gasteiger partial charge in [0, 0.05) is 33.6 Å². The van der Waals surface area contributed by atoms with Gasteiger partial charge in [0.2, 0.25) is 0 Å². The molecule has 10 heteroatoms. The number of nitrogens with one attached hydrogen (secondary N) is 1. The molecule has 152 valence electrons. The minimum Gasteiger partial charge on any atom is -0.477 e. The summed E-state index contributed by atoms with van der Waals surface area (Å²) in [6.07, 6.45) is 1.81. The smallest absolute Gasteiger partial charge is 0.341 e. The van der Waals surface area contributed by atoms with Crippen molar-refractivity contribution in [1.82, 2.24) is 20.0 Å². The SMILES string of the molecule is O=C(O)c1cc2cc(Cl)cc(Cn3cc(Cc4c(F)cccc4Cl)nn3)c2[nH]c1=O. The number of rotatable bonds is 5. The zero-order valence-electron chi connectivity index (χ0n) is 15.2. The maximum Gasteiger partial charge on any atom is 0.341 e. The Kier molecular flexibility index (Phi) is 5.27. The highest BCUT2D eigenvalue weighted by molar-refractivity contribution is 6.31. The fourth-order valence-electron chi connectivity index (χ4n) is 3.19. The number of aromatic nitrogens is 4. The van der Waals surface area contributed by atoms with Crippen molar-refractivity contribution in [3.8, 4) is 0 Å². The van der Waals surface area contributed by atoms with E-state index in [1.807, 2.05) is 0 Å². The highest BCUT2D eigenvalue weighted by Gasteiger charge is 2.14. The monoisotopic (exact) mass is 446 g/mol. The summed E-state index contributed by atoms with van der Waals surface area (Å²) in [5.74, 6) is -1.75. The Morgan fingerprint density at radius 2 is 2.03 bits per heavy atom. The lowest BCUT2D eigenvalue weighted by Crippen LogP contribution is -2.17. The topological polar surface area (TPSA) is 101 Å². The molecule has 0 unspecified atom stereocenters. The maximum atomic E-state index is 14.0. The summed E-state index contributed by atoms with van der Waals surface area (Å²) in [4.78, 5) is 25.9. The van der Waals surface area contributed by atoms with Crippen molar-refractivity contribution >= 4 is 40.1 Å². The Morgan fingerprint density at radius 1 is 1.23 bits per heavy atom. The average Bonchev–Trinajstić information content (AvgIpc) is 3.12. The molecule has 0 fully saturated rings. The number of nitrogens with zero attached hydrogens (tertiary/aromatic N) is 3. The third-order valence-electron chi connectivity index (χ3n) is 4.57. The summed E-state index contributed by atoms with van der Waals surface area (Å²) < 4.78 is 15.5. The number of carboxylic acid groups (broad SMARTS) is 1. The molecule has 0 spiro atoms. The van der Waals surface area contributed by atoms with Crippen molar-refractivity contribution in [1.29, 1.82) is 0 Å². The summed E-state index contributed by atoms with van der Waals surface area (Å²) in [5.41, 5.74) is 0.808. The van der Waals surface area contributed by atoms with Crippen LogP contribution in [0.3, 0.4) is 0 Å². The number of pyridine rings is 1.